The highest BCUT2D eigenvalue weighted by atomic mass is 16.5. The molecule has 0 aromatic carbocycles. The minimum absolute atomic E-state index is 0.233. The second-order valence-electron chi connectivity index (χ2n) is 5.09. The fourth-order valence-corrected chi connectivity index (χ4v) is 1.98. The van der Waals surface area contributed by atoms with Gasteiger partial charge in [0.1, 0.15) is 0 Å². The molecular weight excluding hydrogens is 240 g/mol. The molecule has 0 aliphatic heterocycles. The van der Waals surface area contributed by atoms with Gasteiger partial charge in [0.2, 0.25) is 5.78 Å². The molecule has 0 fully saturated rings. The van der Waals surface area contributed by atoms with Crippen molar-refractivity contribution in [3.63, 3.8) is 0 Å². The molecular formula is C16H30O3. The molecule has 0 N–H and O–H groups in total. The summed E-state index contributed by atoms with van der Waals surface area (Å²) in [6, 6.07) is 0. The summed E-state index contributed by atoms with van der Waals surface area (Å²) in [5, 5.41) is 0. The highest BCUT2D eigenvalue weighted by Gasteiger charge is 2.11. The summed E-state index contributed by atoms with van der Waals surface area (Å²) in [4.78, 5) is 22.0. The highest BCUT2D eigenvalue weighted by Crippen LogP contribution is 2.10. The SMILES string of the molecule is CCCCCCCCCCCCOC(=O)C(=O)CC. The molecule has 0 saturated heterocycles. The second kappa shape index (κ2) is 13.6. The zero-order valence-electron chi connectivity index (χ0n) is 12.7. The molecule has 0 unspecified atom stereocenters. The van der Waals surface area contributed by atoms with Crippen molar-refractivity contribution in [2.75, 3.05) is 6.61 Å². The molecule has 19 heavy (non-hydrogen) atoms. The number of esters is 1. The van der Waals surface area contributed by atoms with Crippen molar-refractivity contribution in [1.82, 2.24) is 0 Å². The average molecular weight is 270 g/mol. The van der Waals surface area contributed by atoms with Gasteiger partial charge in [-0.15, -0.1) is 0 Å². The maximum absolute atomic E-state index is 11.1. The van der Waals surface area contributed by atoms with Gasteiger partial charge in [0.25, 0.3) is 0 Å². The van der Waals surface area contributed by atoms with E-state index in [4.69, 9.17) is 4.74 Å². The van der Waals surface area contributed by atoms with Crippen LogP contribution in [0, 0.1) is 0 Å². The molecule has 0 radical (unpaired) electrons. The summed E-state index contributed by atoms with van der Waals surface area (Å²) in [6.45, 7) is 4.30. The van der Waals surface area contributed by atoms with Crippen molar-refractivity contribution in [2.45, 2.75) is 84.5 Å². The van der Waals surface area contributed by atoms with Crippen molar-refractivity contribution >= 4 is 11.8 Å². The van der Waals surface area contributed by atoms with Crippen LogP contribution >= 0.6 is 0 Å². The van der Waals surface area contributed by atoms with E-state index in [0.29, 0.717) is 6.61 Å². The number of unbranched alkanes of at least 4 members (excludes halogenated alkanes) is 9. The van der Waals surface area contributed by atoms with Gasteiger partial charge in [-0.1, -0.05) is 71.6 Å². The Morgan fingerprint density at radius 3 is 1.68 bits per heavy atom. The van der Waals surface area contributed by atoms with Gasteiger partial charge in [-0.3, -0.25) is 4.79 Å². The van der Waals surface area contributed by atoms with Gasteiger partial charge in [-0.25, -0.2) is 4.79 Å². The first-order chi connectivity index (χ1) is 9.22. The Morgan fingerprint density at radius 2 is 1.21 bits per heavy atom. The molecule has 0 spiro atoms. The van der Waals surface area contributed by atoms with Gasteiger partial charge < -0.3 is 4.74 Å². The standard InChI is InChI=1S/C16H30O3/c1-3-5-6-7-8-9-10-11-12-13-14-19-16(18)15(17)4-2/h3-14H2,1-2H3. The molecule has 0 aliphatic rings. The first-order valence-electron chi connectivity index (χ1n) is 7.92. The van der Waals surface area contributed by atoms with E-state index in [1.807, 2.05) is 0 Å². The Kier molecular flexibility index (Phi) is 13.0. The molecule has 3 nitrogen and oxygen atoms in total. The van der Waals surface area contributed by atoms with Crippen LogP contribution in [0.3, 0.4) is 0 Å². The van der Waals surface area contributed by atoms with E-state index in [9.17, 15) is 9.59 Å². The maximum Gasteiger partial charge on any atom is 0.374 e. The lowest BCUT2D eigenvalue weighted by Gasteiger charge is -2.03. The van der Waals surface area contributed by atoms with Crippen molar-refractivity contribution in [2.24, 2.45) is 0 Å². The zero-order valence-corrected chi connectivity index (χ0v) is 12.7. The monoisotopic (exact) mass is 270 g/mol. The van der Waals surface area contributed by atoms with Crippen LogP contribution in [-0.4, -0.2) is 18.4 Å². The Morgan fingerprint density at radius 1 is 0.737 bits per heavy atom. The Hall–Kier alpha value is -0.860. The van der Waals surface area contributed by atoms with E-state index in [1.165, 1.54) is 51.4 Å². The van der Waals surface area contributed by atoms with Crippen LogP contribution in [0.25, 0.3) is 0 Å². The fourth-order valence-electron chi connectivity index (χ4n) is 1.98. The first-order valence-corrected chi connectivity index (χ1v) is 7.92. The molecule has 112 valence electrons. The normalized spacial score (nSPS) is 10.4. The summed E-state index contributed by atoms with van der Waals surface area (Å²) < 4.78 is 4.88. The number of ketones is 1. The van der Waals surface area contributed by atoms with Crippen molar-refractivity contribution in [1.29, 1.82) is 0 Å². The van der Waals surface area contributed by atoms with Gasteiger partial charge in [0.15, 0.2) is 0 Å². The van der Waals surface area contributed by atoms with E-state index < -0.39 is 11.8 Å². The van der Waals surface area contributed by atoms with E-state index in [2.05, 4.69) is 6.92 Å². The molecule has 0 heterocycles. The number of carbonyl (C=O) groups is 2. The highest BCUT2D eigenvalue weighted by molar-refractivity contribution is 6.33. The maximum atomic E-state index is 11.1. The Balaban J connectivity index is 3.15. The lowest BCUT2D eigenvalue weighted by atomic mass is 10.1. The fraction of sp³-hybridized carbons (Fsp3) is 0.875. The van der Waals surface area contributed by atoms with Crippen molar-refractivity contribution in [3.8, 4) is 0 Å². The molecule has 0 saturated carbocycles. The van der Waals surface area contributed by atoms with Crippen LogP contribution < -0.4 is 0 Å². The summed E-state index contributed by atoms with van der Waals surface area (Å²) >= 11 is 0. The third-order valence-electron chi connectivity index (χ3n) is 3.28. The molecule has 0 bridgehead atoms. The minimum atomic E-state index is -0.668. The predicted molar refractivity (Wildman–Crippen MR) is 78.1 cm³/mol. The number of rotatable bonds is 13. The predicted octanol–water partition coefficient (Wildman–Crippen LogP) is 4.43. The van der Waals surface area contributed by atoms with Gasteiger partial charge in [-0.05, 0) is 6.42 Å². The van der Waals surface area contributed by atoms with Gasteiger partial charge in [-0.2, -0.15) is 0 Å². The smallest absolute Gasteiger partial charge is 0.374 e. The van der Waals surface area contributed by atoms with E-state index >= 15 is 0 Å². The lowest BCUT2D eigenvalue weighted by Crippen LogP contribution is -2.16. The van der Waals surface area contributed by atoms with Crippen LogP contribution in [0.1, 0.15) is 84.5 Å². The Bertz CT molecular complexity index is 236. The van der Waals surface area contributed by atoms with Crippen molar-refractivity contribution in [3.05, 3.63) is 0 Å². The van der Waals surface area contributed by atoms with E-state index in [-0.39, 0.29) is 6.42 Å². The molecule has 0 aliphatic carbocycles. The van der Waals surface area contributed by atoms with Crippen LogP contribution in [0.2, 0.25) is 0 Å². The first kappa shape index (κ1) is 18.1. The summed E-state index contributed by atoms with van der Waals surface area (Å²) in [7, 11) is 0. The van der Waals surface area contributed by atoms with Gasteiger partial charge >= 0.3 is 5.97 Å². The third kappa shape index (κ3) is 11.9. The average Bonchev–Trinajstić information content (AvgIpc) is 2.43. The van der Waals surface area contributed by atoms with Gasteiger partial charge in [0.05, 0.1) is 6.61 Å². The number of carbonyl (C=O) groups excluding carboxylic acids is 2. The second-order valence-corrected chi connectivity index (χ2v) is 5.09. The molecule has 3 heteroatoms. The zero-order chi connectivity index (χ0) is 14.3. The largest absolute Gasteiger partial charge is 0.460 e. The lowest BCUT2D eigenvalue weighted by molar-refractivity contribution is -0.153. The number of hydrogen-bond donors (Lipinski definition) is 0. The Labute approximate surface area is 118 Å². The minimum Gasteiger partial charge on any atom is -0.460 e. The topological polar surface area (TPSA) is 43.4 Å². The van der Waals surface area contributed by atoms with E-state index in [1.54, 1.807) is 6.92 Å². The summed E-state index contributed by atoms with van der Waals surface area (Å²) in [5.74, 6) is -1.09. The van der Waals surface area contributed by atoms with Crippen molar-refractivity contribution < 1.29 is 14.3 Å². The molecule has 0 aromatic rings. The van der Waals surface area contributed by atoms with Crippen LogP contribution in [0.15, 0.2) is 0 Å². The van der Waals surface area contributed by atoms with Crippen LogP contribution in [0.4, 0.5) is 0 Å². The third-order valence-corrected chi connectivity index (χ3v) is 3.28. The number of ether oxygens (including phenoxy) is 1. The number of hydrogen-bond acceptors (Lipinski definition) is 3. The number of Topliss-reactive ketones (excluding diaryl/α,β-unsaturated/α-hetero) is 1. The van der Waals surface area contributed by atoms with Crippen LogP contribution in [0.5, 0.6) is 0 Å². The van der Waals surface area contributed by atoms with E-state index in [0.717, 1.165) is 12.8 Å². The molecule has 0 aromatic heterocycles. The quantitative estimate of drug-likeness (QED) is 0.282. The molecule has 0 amide bonds. The molecule has 0 atom stereocenters. The van der Waals surface area contributed by atoms with Gasteiger partial charge in [0, 0.05) is 6.42 Å². The molecule has 0 rings (SSSR count). The summed E-state index contributed by atoms with van der Waals surface area (Å²) in [5.41, 5.74) is 0. The summed E-state index contributed by atoms with van der Waals surface area (Å²) in [6.07, 6.45) is 12.7. The van der Waals surface area contributed by atoms with Crippen LogP contribution in [-0.2, 0) is 14.3 Å².